The third-order valence-corrected chi connectivity index (χ3v) is 1.92. The van der Waals surface area contributed by atoms with Gasteiger partial charge in [0.15, 0.2) is 0 Å². The van der Waals surface area contributed by atoms with Gasteiger partial charge in [0, 0.05) is 5.92 Å². The molecule has 0 aromatic rings. The van der Waals surface area contributed by atoms with E-state index in [9.17, 15) is 0 Å². The lowest BCUT2D eigenvalue weighted by atomic mass is 10.0. The first-order valence-corrected chi connectivity index (χ1v) is 3.12. The van der Waals surface area contributed by atoms with Crippen LogP contribution in [0.5, 0.6) is 0 Å². The van der Waals surface area contributed by atoms with Crippen LogP contribution in [0, 0.1) is 18.4 Å². The predicted octanol–water partition coefficient (Wildman–Crippen LogP) is 0.821. The maximum absolute atomic E-state index is 3.18. The molecule has 0 saturated carbocycles. The molecular weight excluding hydrogens is 98.1 g/mol. The van der Waals surface area contributed by atoms with E-state index in [-0.39, 0.29) is 0 Å². The van der Waals surface area contributed by atoms with Crippen LogP contribution in [0.25, 0.3) is 0 Å². The third-order valence-electron chi connectivity index (χ3n) is 1.92. The van der Waals surface area contributed by atoms with E-state index in [0.29, 0.717) is 5.92 Å². The standard InChI is InChI=1S/C7H9N/c1-2-6-4-8-5-7(6)3-1/h1-2,6-8H,3,5H2. The highest BCUT2D eigenvalue weighted by Gasteiger charge is 2.27. The topological polar surface area (TPSA) is 12.0 Å². The fourth-order valence-corrected chi connectivity index (χ4v) is 1.39. The Morgan fingerprint density at radius 2 is 2.62 bits per heavy atom. The van der Waals surface area contributed by atoms with Gasteiger partial charge in [-0.15, -0.1) is 0 Å². The van der Waals surface area contributed by atoms with E-state index in [2.05, 4.69) is 24.0 Å². The van der Waals surface area contributed by atoms with Crippen molar-refractivity contribution in [2.45, 2.75) is 6.42 Å². The largest absolute Gasteiger partial charge is 0.307 e. The van der Waals surface area contributed by atoms with Gasteiger partial charge in [0.1, 0.15) is 0 Å². The van der Waals surface area contributed by atoms with Gasteiger partial charge < -0.3 is 5.32 Å². The molecule has 2 atom stereocenters. The van der Waals surface area contributed by atoms with Crippen molar-refractivity contribution >= 4 is 0 Å². The molecule has 2 aliphatic rings. The lowest BCUT2D eigenvalue weighted by Crippen LogP contribution is -2.05. The number of nitrogens with one attached hydrogen (secondary N) is 1. The molecule has 0 spiro atoms. The number of hydrogen-bond acceptors (Lipinski definition) is 1. The summed E-state index contributed by atoms with van der Waals surface area (Å²) in [7, 11) is 0. The number of hydrogen-bond donors (Lipinski definition) is 1. The van der Waals surface area contributed by atoms with Crippen LogP contribution in [0.1, 0.15) is 6.42 Å². The lowest BCUT2D eigenvalue weighted by molar-refractivity contribution is 0.547. The van der Waals surface area contributed by atoms with Crippen molar-refractivity contribution in [3.63, 3.8) is 0 Å². The molecule has 0 amide bonds. The van der Waals surface area contributed by atoms with Crippen molar-refractivity contribution in [1.29, 1.82) is 0 Å². The Morgan fingerprint density at radius 1 is 1.62 bits per heavy atom. The molecule has 1 N–H and O–H groups in total. The van der Waals surface area contributed by atoms with Gasteiger partial charge in [-0.05, 0) is 18.9 Å². The van der Waals surface area contributed by atoms with Crippen LogP contribution in [-0.2, 0) is 0 Å². The van der Waals surface area contributed by atoms with Crippen molar-refractivity contribution in [2.75, 3.05) is 6.54 Å². The summed E-state index contributed by atoms with van der Waals surface area (Å²) in [5.74, 6) is 1.48. The Kier molecular flexibility index (Phi) is 0.908. The molecule has 1 fully saturated rings. The lowest BCUT2D eigenvalue weighted by Gasteiger charge is -2.02. The SMILES string of the molecule is [C]1NCC2CC=CC12. The number of allylic oxidation sites excluding steroid dienone is 1. The summed E-state index contributed by atoms with van der Waals surface area (Å²) in [6.45, 7) is 4.32. The zero-order valence-electron chi connectivity index (χ0n) is 4.72. The fourth-order valence-electron chi connectivity index (χ4n) is 1.39. The van der Waals surface area contributed by atoms with E-state index in [1.807, 2.05) is 0 Å². The maximum Gasteiger partial charge on any atom is 0.0665 e. The van der Waals surface area contributed by atoms with Gasteiger partial charge in [-0.1, -0.05) is 12.2 Å². The number of rotatable bonds is 0. The molecule has 2 rings (SSSR count). The second-order valence-corrected chi connectivity index (χ2v) is 2.47. The normalized spacial score (nSPS) is 43.0. The highest BCUT2D eigenvalue weighted by atomic mass is 14.9. The van der Waals surface area contributed by atoms with E-state index in [0.717, 1.165) is 12.5 Å². The predicted molar refractivity (Wildman–Crippen MR) is 32.0 cm³/mol. The molecule has 1 aliphatic carbocycles. The molecule has 2 radical (unpaired) electrons. The van der Waals surface area contributed by atoms with Crippen LogP contribution in [0.4, 0.5) is 0 Å². The molecule has 2 unspecified atom stereocenters. The summed E-state index contributed by atoms with van der Waals surface area (Å²) < 4.78 is 0. The van der Waals surface area contributed by atoms with Crippen molar-refractivity contribution in [3.8, 4) is 0 Å². The van der Waals surface area contributed by atoms with Gasteiger partial charge in [0.05, 0.1) is 6.54 Å². The fraction of sp³-hybridized carbons (Fsp3) is 0.571. The summed E-state index contributed by atoms with van der Waals surface area (Å²) >= 11 is 0. The molecule has 1 aliphatic heterocycles. The van der Waals surface area contributed by atoms with Gasteiger partial charge in [-0.3, -0.25) is 0 Å². The Hall–Kier alpha value is -0.300. The van der Waals surface area contributed by atoms with E-state index in [4.69, 9.17) is 0 Å². The van der Waals surface area contributed by atoms with Gasteiger partial charge in [0.25, 0.3) is 0 Å². The average Bonchev–Trinajstić information content (AvgIpc) is 2.15. The smallest absolute Gasteiger partial charge is 0.0665 e. The summed E-state index contributed by atoms with van der Waals surface area (Å²) in [6, 6.07) is 0. The molecule has 0 bridgehead atoms. The van der Waals surface area contributed by atoms with E-state index in [1.165, 1.54) is 6.42 Å². The van der Waals surface area contributed by atoms with Crippen molar-refractivity contribution in [2.24, 2.45) is 11.8 Å². The zero-order valence-corrected chi connectivity index (χ0v) is 4.72. The molecule has 1 saturated heterocycles. The van der Waals surface area contributed by atoms with Crippen LogP contribution in [0.15, 0.2) is 12.2 Å². The van der Waals surface area contributed by atoms with E-state index < -0.39 is 0 Å². The van der Waals surface area contributed by atoms with Crippen LogP contribution in [0.3, 0.4) is 0 Å². The van der Waals surface area contributed by atoms with Gasteiger partial charge >= 0.3 is 0 Å². The van der Waals surface area contributed by atoms with Crippen LogP contribution in [-0.4, -0.2) is 6.54 Å². The second kappa shape index (κ2) is 1.59. The van der Waals surface area contributed by atoms with Crippen molar-refractivity contribution in [3.05, 3.63) is 18.7 Å². The van der Waals surface area contributed by atoms with Crippen molar-refractivity contribution < 1.29 is 0 Å². The third kappa shape index (κ3) is 0.511. The monoisotopic (exact) mass is 107 g/mol. The molecule has 1 heterocycles. The first kappa shape index (κ1) is 4.57. The van der Waals surface area contributed by atoms with E-state index >= 15 is 0 Å². The Balaban J connectivity index is 2.13. The second-order valence-electron chi connectivity index (χ2n) is 2.47. The zero-order chi connectivity index (χ0) is 5.40. The average molecular weight is 107 g/mol. The quantitative estimate of drug-likeness (QED) is 0.452. The minimum atomic E-state index is 0.634. The molecule has 42 valence electrons. The van der Waals surface area contributed by atoms with Crippen LogP contribution >= 0.6 is 0 Å². The molecule has 0 aromatic carbocycles. The minimum Gasteiger partial charge on any atom is -0.307 e. The minimum absolute atomic E-state index is 0.634. The summed E-state index contributed by atoms with van der Waals surface area (Å²) in [5, 5.41) is 3.12. The highest BCUT2D eigenvalue weighted by molar-refractivity contribution is 5.09. The Morgan fingerprint density at radius 3 is 3.50 bits per heavy atom. The molecule has 1 heteroatoms. The summed E-state index contributed by atoms with van der Waals surface area (Å²) in [5.41, 5.74) is 0. The van der Waals surface area contributed by atoms with Crippen LogP contribution < -0.4 is 5.32 Å². The first-order chi connectivity index (χ1) is 3.97. The Labute approximate surface area is 49.8 Å². The summed E-state index contributed by atoms with van der Waals surface area (Å²) in [6.07, 6.45) is 5.75. The summed E-state index contributed by atoms with van der Waals surface area (Å²) in [4.78, 5) is 0. The Bertz CT molecular complexity index is 118. The van der Waals surface area contributed by atoms with Gasteiger partial charge in [-0.25, -0.2) is 0 Å². The van der Waals surface area contributed by atoms with Crippen LogP contribution in [0.2, 0.25) is 0 Å². The van der Waals surface area contributed by atoms with Gasteiger partial charge in [-0.2, -0.15) is 0 Å². The molecular formula is C7H9N. The number of fused-ring (bicyclic) bond motifs is 1. The van der Waals surface area contributed by atoms with Gasteiger partial charge in [0.2, 0.25) is 0 Å². The maximum atomic E-state index is 3.18. The molecule has 1 nitrogen and oxygen atoms in total. The molecule has 8 heavy (non-hydrogen) atoms. The first-order valence-electron chi connectivity index (χ1n) is 3.12. The van der Waals surface area contributed by atoms with Crippen molar-refractivity contribution in [1.82, 2.24) is 5.32 Å². The van der Waals surface area contributed by atoms with E-state index in [1.54, 1.807) is 0 Å². The molecule has 0 aromatic heterocycles. The highest BCUT2D eigenvalue weighted by Crippen LogP contribution is 2.29.